The molecule has 102 valence electrons. The minimum absolute atomic E-state index is 0.694. The number of benzene rings is 1. The van der Waals surface area contributed by atoms with Crippen LogP contribution >= 0.6 is 0 Å². The lowest BCUT2D eigenvalue weighted by atomic mass is 9.74. The fourth-order valence-corrected chi connectivity index (χ4v) is 4.08. The molecule has 1 atom stereocenters. The summed E-state index contributed by atoms with van der Waals surface area (Å²) in [6.45, 7) is 2.32. The summed E-state index contributed by atoms with van der Waals surface area (Å²) in [7, 11) is 4.45. The van der Waals surface area contributed by atoms with Gasteiger partial charge in [-0.05, 0) is 63.7 Å². The summed E-state index contributed by atoms with van der Waals surface area (Å²) in [4.78, 5) is 2.40. The topological polar surface area (TPSA) is 3.24 Å². The van der Waals surface area contributed by atoms with Crippen molar-refractivity contribution in [3.05, 3.63) is 41.0 Å². The van der Waals surface area contributed by atoms with Crippen molar-refractivity contribution in [3.8, 4) is 0 Å². The molecule has 0 bridgehead atoms. The van der Waals surface area contributed by atoms with Crippen LogP contribution in [-0.4, -0.2) is 25.0 Å². The molecule has 1 unspecified atom stereocenters. The van der Waals surface area contributed by atoms with E-state index in [4.69, 9.17) is 0 Å². The van der Waals surface area contributed by atoms with Gasteiger partial charge in [0, 0.05) is 12.0 Å². The van der Waals surface area contributed by atoms with Gasteiger partial charge in [0.2, 0.25) is 0 Å². The van der Waals surface area contributed by atoms with Gasteiger partial charge >= 0.3 is 0 Å². The van der Waals surface area contributed by atoms with Gasteiger partial charge in [-0.2, -0.15) is 0 Å². The van der Waals surface area contributed by atoms with Crippen LogP contribution in [0.15, 0.2) is 29.8 Å². The molecule has 3 rings (SSSR count). The molecule has 1 heteroatoms. The van der Waals surface area contributed by atoms with Crippen molar-refractivity contribution in [1.82, 2.24) is 4.90 Å². The van der Waals surface area contributed by atoms with E-state index in [2.05, 4.69) is 56.3 Å². The molecule has 0 radical (unpaired) electrons. The number of fused-ring (bicyclic) bond motifs is 1. The zero-order valence-electron chi connectivity index (χ0n) is 12.4. The van der Waals surface area contributed by atoms with Crippen LogP contribution in [0.2, 0.25) is 0 Å². The zero-order valence-corrected chi connectivity index (χ0v) is 12.4. The summed E-state index contributed by atoms with van der Waals surface area (Å²) in [5.41, 5.74) is 4.61. The highest BCUT2D eigenvalue weighted by molar-refractivity contribution is 5.66. The Bertz CT molecular complexity index is 478. The molecule has 19 heavy (non-hydrogen) atoms. The highest BCUT2D eigenvalue weighted by Gasteiger charge is 2.33. The summed E-state index contributed by atoms with van der Waals surface area (Å²) in [5.74, 6) is 1.55. The first-order valence-corrected chi connectivity index (χ1v) is 7.60. The fraction of sp³-hybridized carbons (Fsp3) is 0.556. The van der Waals surface area contributed by atoms with Crippen LogP contribution in [0.5, 0.6) is 0 Å². The van der Waals surface area contributed by atoms with Gasteiger partial charge in [-0.15, -0.1) is 0 Å². The third-order valence-electron chi connectivity index (χ3n) is 5.15. The van der Waals surface area contributed by atoms with E-state index in [0.29, 0.717) is 5.92 Å². The Balaban J connectivity index is 1.76. The van der Waals surface area contributed by atoms with Gasteiger partial charge in [0.25, 0.3) is 0 Å². The van der Waals surface area contributed by atoms with Crippen molar-refractivity contribution >= 4 is 6.08 Å². The Morgan fingerprint density at radius 1 is 1.00 bits per heavy atom. The molecular weight excluding hydrogens is 230 g/mol. The monoisotopic (exact) mass is 255 g/mol. The summed E-state index contributed by atoms with van der Waals surface area (Å²) < 4.78 is 0. The predicted octanol–water partition coefficient (Wildman–Crippen LogP) is 4.31. The summed E-state index contributed by atoms with van der Waals surface area (Å²) >= 11 is 0. The van der Waals surface area contributed by atoms with E-state index in [1.54, 1.807) is 11.1 Å². The standard InChI is InChI=1S/C18H25N/c1-13-12-15-6-4-5-7-17(15)18(13)14-8-10-16(11-9-14)19(2)3/h4-7,12,14,16,18H,8-11H2,1-3H3. The Morgan fingerprint density at radius 2 is 1.68 bits per heavy atom. The van der Waals surface area contributed by atoms with Crippen molar-refractivity contribution in [3.63, 3.8) is 0 Å². The number of allylic oxidation sites excluding steroid dienone is 1. The highest BCUT2D eigenvalue weighted by Crippen LogP contribution is 2.46. The van der Waals surface area contributed by atoms with E-state index in [1.807, 2.05) is 0 Å². The molecule has 0 aliphatic heterocycles. The lowest BCUT2D eigenvalue weighted by Crippen LogP contribution is -2.33. The number of hydrogen-bond donors (Lipinski definition) is 0. The molecule has 0 saturated heterocycles. The Labute approximate surface area is 117 Å². The van der Waals surface area contributed by atoms with Crippen molar-refractivity contribution in [1.29, 1.82) is 0 Å². The van der Waals surface area contributed by atoms with E-state index >= 15 is 0 Å². The average molecular weight is 255 g/mol. The first-order chi connectivity index (χ1) is 9.16. The normalized spacial score (nSPS) is 30.3. The minimum atomic E-state index is 0.694. The van der Waals surface area contributed by atoms with Crippen LogP contribution in [0.3, 0.4) is 0 Å². The van der Waals surface area contributed by atoms with Gasteiger partial charge in [-0.25, -0.2) is 0 Å². The van der Waals surface area contributed by atoms with Crippen LogP contribution in [0, 0.1) is 5.92 Å². The van der Waals surface area contributed by atoms with Gasteiger partial charge in [0.05, 0.1) is 0 Å². The van der Waals surface area contributed by atoms with E-state index in [9.17, 15) is 0 Å². The molecule has 1 aromatic carbocycles. The molecule has 0 N–H and O–H groups in total. The average Bonchev–Trinajstić information content (AvgIpc) is 2.74. The Morgan fingerprint density at radius 3 is 2.37 bits per heavy atom. The van der Waals surface area contributed by atoms with E-state index in [1.165, 1.54) is 31.2 Å². The van der Waals surface area contributed by atoms with Gasteiger partial charge < -0.3 is 4.90 Å². The maximum atomic E-state index is 2.40. The Hall–Kier alpha value is -1.08. The van der Waals surface area contributed by atoms with Crippen molar-refractivity contribution in [2.45, 2.75) is 44.6 Å². The predicted molar refractivity (Wildman–Crippen MR) is 82.3 cm³/mol. The number of rotatable bonds is 2. The second-order valence-electron chi connectivity index (χ2n) is 6.53. The number of nitrogens with zero attached hydrogens (tertiary/aromatic N) is 1. The SMILES string of the molecule is CC1=Cc2ccccc2C1C1CCC(N(C)C)CC1. The maximum Gasteiger partial charge on any atom is 0.00893 e. The molecule has 0 spiro atoms. The molecule has 1 nitrogen and oxygen atoms in total. The molecule has 1 fully saturated rings. The van der Waals surface area contributed by atoms with Crippen LogP contribution < -0.4 is 0 Å². The largest absolute Gasteiger partial charge is 0.306 e. The van der Waals surface area contributed by atoms with E-state index in [0.717, 1.165) is 12.0 Å². The summed E-state index contributed by atoms with van der Waals surface area (Å²) in [5, 5.41) is 0. The van der Waals surface area contributed by atoms with Gasteiger partial charge in [-0.1, -0.05) is 35.9 Å². The maximum absolute atomic E-state index is 2.40. The molecule has 1 aromatic rings. The highest BCUT2D eigenvalue weighted by atomic mass is 15.1. The second-order valence-corrected chi connectivity index (χ2v) is 6.53. The molecule has 0 aromatic heterocycles. The number of hydrogen-bond acceptors (Lipinski definition) is 1. The molecule has 2 aliphatic rings. The van der Waals surface area contributed by atoms with Gasteiger partial charge in [-0.3, -0.25) is 0 Å². The third-order valence-corrected chi connectivity index (χ3v) is 5.15. The first-order valence-electron chi connectivity index (χ1n) is 7.60. The molecule has 0 heterocycles. The van der Waals surface area contributed by atoms with Crippen molar-refractivity contribution in [2.24, 2.45) is 5.92 Å². The zero-order chi connectivity index (χ0) is 13.4. The first kappa shape index (κ1) is 12.9. The molecule has 0 amide bonds. The van der Waals surface area contributed by atoms with Crippen LogP contribution in [0.1, 0.15) is 49.7 Å². The Kier molecular flexibility index (Phi) is 3.49. The van der Waals surface area contributed by atoms with E-state index < -0.39 is 0 Å². The smallest absolute Gasteiger partial charge is 0.00893 e. The molecular formula is C18H25N. The third kappa shape index (κ3) is 2.36. The van der Waals surface area contributed by atoms with Crippen LogP contribution in [-0.2, 0) is 0 Å². The lowest BCUT2D eigenvalue weighted by Gasteiger charge is -2.36. The van der Waals surface area contributed by atoms with Crippen molar-refractivity contribution < 1.29 is 0 Å². The quantitative estimate of drug-likeness (QED) is 0.761. The van der Waals surface area contributed by atoms with Crippen molar-refractivity contribution in [2.75, 3.05) is 14.1 Å². The lowest BCUT2D eigenvalue weighted by molar-refractivity contribution is 0.185. The second kappa shape index (κ2) is 5.13. The minimum Gasteiger partial charge on any atom is -0.306 e. The van der Waals surface area contributed by atoms with E-state index in [-0.39, 0.29) is 0 Å². The molecule has 1 saturated carbocycles. The van der Waals surface area contributed by atoms with Gasteiger partial charge in [0.1, 0.15) is 0 Å². The van der Waals surface area contributed by atoms with Gasteiger partial charge in [0.15, 0.2) is 0 Å². The summed E-state index contributed by atoms with van der Waals surface area (Å²) in [6, 6.07) is 9.77. The summed E-state index contributed by atoms with van der Waals surface area (Å²) in [6.07, 6.45) is 7.89. The fourth-order valence-electron chi connectivity index (χ4n) is 4.08. The molecule has 2 aliphatic carbocycles. The van der Waals surface area contributed by atoms with Crippen LogP contribution in [0.25, 0.3) is 6.08 Å². The van der Waals surface area contributed by atoms with Crippen LogP contribution in [0.4, 0.5) is 0 Å².